The lowest BCUT2D eigenvalue weighted by Gasteiger charge is -2.07. The average molecular weight is 336 g/mol. The summed E-state index contributed by atoms with van der Waals surface area (Å²) >= 11 is 0. The zero-order valence-electron chi connectivity index (χ0n) is 14.0. The number of nitrogens with one attached hydrogen (secondary N) is 2. The van der Waals surface area contributed by atoms with Gasteiger partial charge in [-0.3, -0.25) is 4.79 Å². The predicted molar refractivity (Wildman–Crippen MR) is 92.7 cm³/mol. The molecule has 25 heavy (non-hydrogen) atoms. The van der Waals surface area contributed by atoms with Crippen molar-refractivity contribution in [3.63, 3.8) is 0 Å². The molecule has 2 aromatic heterocycles. The van der Waals surface area contributed by atoms with E-state index in [4.69, 9.17) is 5.26 Å². The van der Waals surface area contributed by atoms with Crippen LogP contribution in [0.1, 0.15) is 32.9 Å². The van der Waals surface area contributed by atoms with Crippen LogP contribution < -0.4 is 5.32 Å². The highest BCUT2D eigenvalue weighted by Gasteiger charge is 2.14. The smallest absolute Gasteiger partial charge is 0.252 e. The molecule has 0 fully saturated rings. The summed E-state index contributed by atoms with van der Waals surface area (Å²) in [6, 6.07) is 8.20. The number of aromatic amines is 1. The van der Waals surface area contributed by atoms with Gasteiger partial charge in [0.25, 0.3) is 5.91 Å². The Bertz CT molecular complexity index is 983. The van der Waals surface area contributed by atoms with Gasteiger partial charge in [-0.15, -0.1) is 0 Å². The van der Waals surface area contributed by atoms with Gasteiger partial charge >= 0.3 is 0 Å². The number of H-pyrrole nitrogens is 1. The maximum atomic E-state index is 14.0. The van der Waals surface area contributed by atoms with Crippen LogP contribution in [0.5, 0.6) is 0 Å². The van der Waals surface area contributed by atoms with E-state index in [1.807, 2.05) is 19.9 Å². The normalized spacial score (nSPS) is 10.6. The SMILES string of the molecule is Cc1[nH]c2c(F)ccc(C)c2c1CCNC(=O)c1ccc(C#N)nc1. The van der Waals surface area contributed by atoms with Crippen LogP contribution in [-0.2, 0) is 6.42 Å². The highest BCUT2D eigenvalue weighted by atomic mass is 19.1. The first-order chi connectivity index (χ1) is 12.0. The molecule has 126 valence electrons. The van der Waals surface area contributed by atoms with Gasteiger partial charge in [0, 0.05) is 23.8 Å². The molecule has 2 N–H and O–H groups in total. The second kappa shape index (κ2) is 6.73. The molecule has 1 aromatic carbocycles. The van der Waals surface area contributed by atoms with Gasteiger partial charge in [-0.25, -0.2) is 9.37 Å². The van der Waals surface area contributed by atoms with Crippen LogP contribution in [0.15, 0.2) is 30.5 Å². The van der Waals surface area contributed by atoms with Crippen LogP contribution >= 0.6 is 0 Å². The molecule has 3 rings (SSSR count). The average Bonchev–Trinajstić information content (AvgIpc) is 2.96. The molecular formula is C19H17FN4O. The molecule has 0 aliphatic rings. The fourth-order valence-electron chi connectivity index (χ4n) is 2.95. The van der Waals surface area contributed by atoms with E-state index in [0.29, 0.717) is 24.0 Å². The molecular weight excluding hydrogens is 319 g/mol. The number of carbonyl (C=O) groups excluding carboxylic acids is 1. The van der Waals surface area contributed by atoms with Crippen molar-refractivity contribution < 1.29 is 9.18 Å². The number of aryl methyl sites for hydroxylation is 2. The maximum absolute atomic E-state index is 14.0. The first kappa shape index (κ1) is 16.7. The molecule has 0 saturated heterocycles. The lowest BCUT2D eigenvalue weighted by Crippen LogP contribution is -2.26. The number of carbonyl (C=O) groups is 1. The quantitative estimate of drug-likeness (QED) is 0.768. The third-order valence-electron chi connectivity index (χ3n) is 4.23. The van der Waals surface area contributed by atoms with Crippen LogP contribution in [0.2, 0.25) is 0 Å². The molecule has 5 nitrogen and oxygen atoms in total. The van der Waals surface area contributed by atoms with E-state index in [1.54, 1.807) is 12.1 Å². The molecule has 0 radical (unpaired) electrons. The largest absolute Gasteiger partial charge is 0.356 e. The Balaban J connectivity index is 1.73. The number of pyridine rings is 1. The van der Waals surface area contributed by atoms with E-state index in [-0.39, 0.29) is 17.4 Å². The molecule has 0 atom stereocenters. The number of aromatic nitrogens is 2. The summed E-state index contributed by atoms with van der Waals surface area (Å²) < 4.78 is 14.0. The highest BCUT2D eigenvalue weighted by Crippen LogP contribution is 2.27. The van der Waals surface area contributed by atoms with Crippen molar-refractivity contribution in [2.75, 3.05) is 6.54 Å². The minimum atomic E-state index is -0.275. The maximum Gasteiger partial charge on any atom is 0.252 e. The van der Waals surface area contributed by atoms with Crippen LogP contribution in [0.4, 0.5) is 4.39 Å². The number of hydrogen-bond acceptors (Lipinski definition) is 3. The summed E-state index contributed by atoms with van der Waals surface area (Å²) in [6.45, 7) is 4.27. The van der Waals surface area contributed by atoms with Gasteiger partial charge in [-0.1, -0.05) is 6.07 Å². The fourth-order valence-corrected chi connectivity index (χ4v) is 2.95. The van der Waals surface area contributed by atoms with Crippen molar-refractivity contribution >= 4 is 16.8 Å². The second-order valence-corrected chi connectivity index (χ2v) is 5.89. The van der Waals surface area contributed by atoms with Crippen molar-refractivity contribution in [2.24, 2.45) is 0 Å². The van der Waals surface area contributed by atoms with Crippen molar-refractivity contribution in [3.8, 4) is 6.07 Å². The summed E-state index contributed by atoms with van der Waals surface area (Å²) in [5.41, 5.74) is 4.08. The highest BCUT2D eigenvalue weighted by molar-refractivity contribution is 5.94. The first-order valence-corrected chi connectivity index (χ1v) is 7.92. The van der Waals surface area contributed by atoms with Crippen molar-refractivity contribution in [3.05, 3.63) is 64.4 Å². The van der Waals surface area contributed by atoms with Gasteiger partial charge in [0.2, 0.25) is 0 Å². The van der Waals surface area contributed by atoms with Crippen LogP contribution in [0.25, 0.3) is 10.9 Å². The Hall–Kier alpha value is -3.20. The molecule has 0 aliphatic carbocycles. The predicted octanol–water partition coefficient (Wildman–Crippen LogP) is 3.16. The molecule has 3 aromatic rings. The fraction of sp³-hybridized carbons (Fsp3) is 0.211. The first-order valence-electron chi connectivity index (χ1n) is 7.92. The Labute approximate surface area is 144 Å². The molecule has 6 heteroatoms. The zero-order chi connectivity index (χ0) is 18.0. The van der Waals surface area contributed by atoms with E-state index < -0.39 is 0 Å². The number of hydrogen-bond donors (Lipinski definition) is 2. The molecule has 0 spiro atoms. The monoisotopic (exact) mass is 336 g/mol. The third kappa shape index (κ3) is 3.22. The number of nitrogens with zero attached hydrogens (tertiary/aromatic N) is 2. The summed E-state index contributed by atoms with van der Waals surface area (Å²) in [6.07, 6.45) is 1.97. The van der Waals surface area contributed by atoms with Gasteiger partial charge in [-0.2, -0.15) is 5.26 Å². The van der Waals surface area contributed by atoms with Gasteiger partial charge < -0.3 is 10.3 Å². The topological polar surface area (TPSA) is 81.6 Å². The molecule has 1 amide bonds. The summed E-state index contributed by atoms with van der Waals surface area (Å²) in [5, 5.41) is 12.4. The minimum Gasteiger partial charge on any atom is -0.356 e. The Morgan fingerprint density at radius 1 is 1.32 bits per heavy atom. The number of amides is 1. The van der Waals surface area contributed by atoms with E-state index in [1.165, 1.54) is 18.3 Å². The van der Waals surface area contributed by atoms with E-state index >= 15 is 0 Å². The van der Waals surface area contributed by atoms with Crippen LogP contribution in [0, 0.1) is 31.0 Å². The molecule has 0 bridgehead atoms. The Morgan fingerprint density at radius 2 is 2.12 bits per heavy atom. The van der Waals surface area contributed by atoms with Crippen molar-refractivity contribution in [2.45, 2.75) is 20.3 Å². The van der Waals surface area contributed by atoms with Crippen molar-refractivity contribution in [1.29, 1.82) is 5.26 Å². The molecule has 0 saturated carbocycles. The van der Waals surface area contributed by atoms with Gasteiger partial charge in [0.05, 0.1) is 11.1 Å². The summed E-state index contributed by atoms with van der Waals surface area (Å²) in [4.78, 5) is 19.1. The number of benzene rings is 1. The van der Waals surface area contributed by atoms with Crippen molar-refractivity contribution in [1.82, 2.24) is 15.3 Å². The lowest BCUT2D eigenvalue weighted by atomic mass is 10.0. The Morgan fingerprint density at radius 3 is 2.80 bits per heavy atom. The summed E-state index contributed by atoms with van der Waals surface area (Å²) in [5.74, 6) is -0.528. The number of nitriles is 1. The third-order valence-corrected chi connectivity index (χ3v) is 4.23. The lowest BCUT2D eigenvalue weighted by molar-refractivity contribution is 0.0954. The minimum absolute atomic E-state index is 0.252. The standard InChI is InChI=1S/C19H17FN4O/c1-11-3-6-16(20)18-17(11)15(12(2)24-18)7-8-22-19(25)13-4-5-14(9-21)23-10-13/h3-6,10,24H,7-8H2,1-2H3,(H,22,25). The van der Waals surface area contributed by atoms with Gasteiger partial charge in [0.1, 0.15) is 17.6 Å². The van der Waals surface area contributed by atoms with Crippen LogP contribution in [-0.4, -0.2) is 22.4 Å². The number of rotatable bonds is 4. The number of fused-ring (bicyclic) bond motifs is 1. The van der Waals surface area contributed by atoms with Crippen LogP contribution in [0.3, 0.4) is 0 Å². The molecule has 0 aliphatic heterocycles. The molecule has 2 heterocycles. The van der Waals surface area contributed by atoms with Gasteiger partial charge in [-0.05, 0) is 49.6 Å². The van der Waals surface area contributed by atoms with E-state index in [0.717, 1.165) is 22.2 Å². The Kier molecular flexibility index (Phi) is 4.48. The molecule has 0 unspecified atom stereocenters. The van der Waals surface area contributed by atoms with Gasteiger partial charge in [0.15, 0.2) is 0 Å². The number of halogens is 1. The van der Waals surface area contributed by atoms with E-state index in [2.05, 4.69) is 15.3 Å². The zero-order valence-corrected chi connectivity index (χ0v) is 14.0. The summed E-state index contributed by atoms with van der Waals surface area (Å²) in [7, 11) is 0. The van der Waals surface area contributed by atoms with E-state index in [9.17, 15) is 9.18 Å². The second-order valence-electron chi connectivity index (χ2n) is 5.89.